The summed E-state index contributed by atoms with van der Waals surface area (Å²) >= 11 is 1.73. The van der Waals surface area contributed by atoms with E-state index in [1.165, 1.54) is 9.78 Å². The molecule has 0 fully saturated rings. The quantitative estimate of drug-likeness (QED) is 0.506. The number of fused-ring (bicyclic) bond motifs is 1. The zero-order chi connectivity index (χ0) is 17.8. The van der Waals surface area contributed by atoms with Gasteiger partial charge in [-0.05, 0) is 35.6 Å². The number of quaternary nitrogens is 1. The van der Waals surface area contributed by atoms with E-state index in [0.29, 0.717) is 12.1 Å². The summed E-state index contributed by atoms with van der Waals surface area (Å²) < 4.78 is 5.29. The molecule has 2 N–H and O–H groups in total. The maximum atomic E-state index is 12.0. The monoisotopic (exact) mass is 356 g/mol. The van der Waals surface area contributed by atoms with Gasteiger partial charge in [-0.2, -0.15) is 0 Å². The number of phenolic OH excluding ortho intramolecular Hbond substituents is 1. The zero-order valence-electron chi connectivity index (χ0n) is 14.2. The van der Waals surface area contributed by atoms with E-state index in [2.05, 4.69) is 18.0 Å². The van der Waals surface area contributed by atoms with Gasteiger partial charge in [-0.25, -0.2) is 4.79 Å². The summed E-state index contributed by atoms with van der Waals surface area (Å²) in [6.07, 6.45) is 2.62. The molecule has 0 aliphatic heterocycles. The Morgan fingerprint density at radius 1 is 1.28 bits per heavy atom. The van der Waals surface area contributed by atoms with E-state index < -0.39 is 0 Å². The second-order valence-corrected chi connectivity index (χ2v) is 7.13. The minimum atomic E-state index is -0.389. The summed E-state index contributed by atoms with van der Waals surface area (Å²) in [6, 6.07) is 9.22. The summed E-state index contributed by atoms with van der Waals surface area (Å²) in [7, 11) is 0. The lowest BCUT2D eigenvalue weighted by atomic mass is 10.0. The molecule has 0 spiro atoms. The topological polar surface area (TPSA) is 54.9 Å². The predicted octanol–water partition coefficient (Wildman–Crippen LogP) is 2.89. The lowest BCUT2D eigenvalue weighted by Crippen LogP contribution is -3.09. The van der Waals surface area contributed by atoms with Gasteiger partial charge in [0.25, 0.3) is 0 Å². The first-order valence-electron chi connectivity index (χ1n) is 8.36. The molecule has 0 aliphatic rings. The van der Waals surface area contributed by atoms with Crippen LogP contribution in [-0.2, 0) is 19.5 Å². The summed E-state index contributed by atoms with van der Waals surface area (Å²) in [5.74, 6) is 0.171. The third-order valence-corrected chi connectivity index (χ3v) is 5.16. The summed E-state index contributed by atoms with van der Waals surface area (Å²) in [4.78, 5) is 14.6. The van der Waals surface area contributed by atoms with Crippen LogP contribution in [0.2, 0.25) is 0 Å². The molecule has 1 atom stereocenters. The van der Waals surface area contributed by atoms with E-state index in [9.17, 15) is 9.90 Å². The van der Waals surface area contributed by atoms with E-state index in [4.69, 9.17) is 4.42 Å². The number of benzene rings is 1. The summed E-state index contributed by atoms with van der Waals surface area (Å²) in [6.45, 7) is 8.23. The molecule has 3 aromatic rings. The normalized spacial score (nSPS) is 12.4. The van der Waals surface area contributed by atoms with Gasteiger partial charge in [0.2, 0.25) is 0 Å². The Bertz CT molecular complexity index is 928. The van der Waals surface area contributed by atoms with Crippen LogP contribution >= 0.6 is 11.3 Å². The van der Waals surface area contributed by atoms with Gasteiger partial charge in [0.15, 0.2) is 0 Å². The number of nitrogens with one attached hydrogen (secondary N) is 1. The van der Waals surface area contributed by atoms with Gasteiger partial charge in [0.1, 0.15) is 24.4 Å². The van der Waals surface area contributed by atoms with Crippen molar-refractivity contribution in [2.45, 2.75) is 26.4 Å². The van der Waals surface area contributed by atoms with Crippen LogP contribution in [0, 0.1) is 0 Å². The van der Waals surface area contributed by atoms with Crippen molar-refractivity contribution in [1.29, 1.82) is 0 Å². The molecule has 1 unspecified atom stereocenters. The molecule has 2 heterocycles. The van der Waals surface area contributed by atoms with Gasteiger partial charge in [-0.15, -0.1) is 11.3 Å². The van der Waals surface area contributed by atoms with Crippen molar-refractivity contribution in [3.63, 3.8) is 0 Å². The Labute approximate surface area is 150 Å². The van der Waals surface area contributed by atoms with Crippen molar-refractivity contribution >= 4 is 22.3 Å². The number of aromatic hydroxyl groups is 1. The van der Waals surface area contributed by atoms with Crippen LogP contribution in [-0.4, -0.2) is 11.7 Å². The standard InChI is InChI=1S/C20H21NO3S/c1-3-7-21(13-16-6-5-8-25-16)12-15-10-20(23)24-19-11-18(22)14(4-2)9-17(15)19/h3,5-6,8-11,22H,1,4,7,12-13H2,2H3/p+1. The minimum absolute atomic E-state index is 0.171. The largest absolute Gasteiger partial charge is 0.508 e. The van der Waals surface area contributed by atoms with Gasteiger partial charge < -0.3 is 14.4 Å². The number of phenols is 1. The first-order chi connectivity index (χ1) is 12.1. The average Bonchev–Trinajstić information content (AvgIpc) is 3.07. The number of thiophene rings is 1. The van der Waals surface area contributed by atoms with Crippen molar-refractivity contribution in [3.05, 3.63) is 74.8 Å². The Hall–Kier alpha value is -2.37. The Morgan fingerprint density at radius 3 is 2.80 bits per heavy atom. The van der Waals surface area contributed by atoms with E-state index in [1.54, 1.807) is 23.5 Å². The molecule has 0 radical (unpaired) electrons. The minimum Gasteiger partial charge on any atom is -0.508 e. The predicted molar refractivity (Wildman–Crippen MR) is 101 cm³/mol. The van der Waals surface area contributed by atoms with Crippen molar-refractivity contribution in [1.82, 2.24) is 0 Å². The zero-order valence-corrected chi connectivity index (χ0v) is 15.1. The molecule has 0 bridgehead atoms. The molecule has 5 heteroatoms. The molecule has 2 aromatic heterocycles. The van der Waals surface area contributed by atoms with Gasteiger partial charge in [-0.1, -0.05) is 19.6 Å². The lowest BCUT2D eigenvalue weighted by molar-refractivity contribution is -0.921. The van der Waals surface area contributed by atoms with Gasteiger partial charge in [-0.3, -0.25) is 0 Å². The third kappa shape index (κ3) is 4.00. The van der Waals surface area contributed by atoms with Crippen molar-refractivity contribution < 1.29 is 14.4 Å². The lowest BCUT2D eigenvalue weighted by Gasteiger charge is -2.18. The van der Waals surface area contributed by atoms with E-state index >= 15 is 0 Å². The van der Waals surface area contributed by atoms with E-state index in [1.807, 2.05) is 25.1 Å². The van der Waals surface area contributed by atoms with Gasteiger partial charge in [0.05, 0.1) is 11.4 Å². The summed E-state index contributed by atoms with van der Waals surface area (Å²) in [5, 5.41) is 13.0. The van der Waals surface area contributed by atoms with Crippen molar-refractivity contribution in [2.24, 2.45) is 0 Å². The molecule has 0 saturated heterocycles. The number of aryl methyl sites for hydroxylation is 1. The van der Waals surface area contributed by atoms with Gasteiger partial charge in [0, 0.05) is 23.1 Å². The Kier molecular flexibility index (Phi) is 5.36. The second kappa shape index (κ2) is 7.68. The van der Waals surface area contributed by atoms with E-state index in [0.717, 1.165) is 36.0 Å². The highest BCUT2D eigenvalue weighted by Gasteiger charge is 2.15. The average molecular weight is 356 g/mol. The second-order valence-electron chi connectivity index (χ2n) is 6.10. The molecule has 130 valence electrons. The van der Waals surface area contributed by atoms with Crippen LogP contribution in [0.1, 0.15) is 22.9 Å². The first-order valence-corrected chi connectivity index (χ1v) is 9.24. The molecule has 4 nitrogen and oxygen atoms in total. The van der Waals surface area contributed by atoms with Crippen LogP contribution in [0.15, 0.2) is 57.6 Å². The molecule has 25 heavy (non-hydrogen) atoms. The fourth-order valence-corrected chi connectivity index (χ4v) is 3.85. The smallest absolute Gasteiger partial charge is 0.336 e. The third-order valence-electron chi connectivity index (χ3n) is 4.29. The van der Waals surface area contributed by atoms with Gasteiger partial charge >= 0.3 is 5.63 Å². The maximum Gasteiger partial charge on any atom is 0.336 e. The van der Waals surface area contributed by atoms with Crippen molar-refractivity contribution in [2.75, 3.05) is 6.54 Å². The van der Waals surface area contributed by atoms with Crippen LogP contribution in [0.25, 0.3) is 11.0 Å². The Morgan fingerprint density at radius 2 is 2.12 bits per heavy atom. The number of hydrogen-bond acceptors (Lipinski definition) is 4. The SMILES string of the molecule is C=CC[NH+](Cc1cccs1)Cc1cc(=O)oc2cc(O)c(CC)cc12. The molecular formula is C20H22NO3S+. The highest BCUT2D eigenvalue weighted by atomic mass is 32.1. The molecule has 3 rings (SSSR count). The summed E-state index contributed by atoms with van der Waals surface area (Å²) in [5.41, 5.74) is 1.84. The molecule has 0 aliphatic carbocycles. The molecule has 0 amide bonds. The van der Waals surface area contributed by atoms with Crippen LogP contribution < -0.4 is 10.5 Å². The highest BCUT2D eigenvalue weighted by Crippen LogP contribution is 2.26. The highest BCUT2D eigenvalue weighted by molar-refractivity contribution is 7.09. The van der Waals surface area contributed by atoms with Crippen molar-refractivity contribution in [3.8, 4) is 5.75 Å². The number of rotatable bonds is 7. The van der Waals surface area contributed by atoms with Crippen LogP contribution in [0.5, 0.6) is 5.75 Å². The van der Waals surface area contributed by atoms with Crippen LogP contribution in [0.3, 0.4) is 0 Å². The van der Waals surface area contributed by atoms with Crippen LogP contribution in [0.4, 0.5) is 0 Å². The molecule has 1 aromatic carbocycles. The Balaban J connectivity index is 2.00. The maximum absolute atomic E-state index is 12.0. The fourth-order valence-electron chi connectivity index (χ4n) is 3.08. The molecular weight excluding hydrogens is 334 g/mol. The molecule has 0 saturated carbocycles. The van der Waals surface area contributed by atoms with E-state index in [-0.39, 0.29) is 11.4 Å². The fraction of sp³-hybridized carbons (Fsp3) is 0.250. The first kappa shape index (κ1) is 17.5. The number of hydrogen-bond donors (Lipinski definition) is 2.